The van der Waals surface area contributed by atoms with Gasteiger partial charge in [0.1, 0.15) is 22.3 Å². The summed E-state index contributed by atoms with van der Waals surface area (Å²) in [6.07, 6.45) is 1.51. The zero-order valence-corrected chi connectivity index (χ0v) is 13.8. The fourth-order valence-corrected chi connectivity index (χ4v) is 3.70. The lowest BCUT2D eigenvalue weighted by Gasteiger charge is -2.12. The highest BCUT2D eigenvalue weighted by Gasteiger charge is 2.18. The molecule has 3 aromatic rings. The Morgan fingerprint density at radius 1 is 1.35 bits per heavy atom. The van der Waals surface area contributed by atoms with E-state index in [9.17, 15) is 4.79 Å². The summed E-state index contributed by atoms with van der Waals surface area (Å²) in [4.78, 5) is 21.8. The zero-order valence-electron chi connectivity index (χ0n) is 12.2. The molecule has 114 valence electrons. The number of benzene rings is 1. The Morgan fingerprint density at radius 2 is 2.17 bits per heavy atom. The Morgan fingerprint density at radius 3 is 3.00 bits per heavy atom. The van der Waals surface area contributed by atoms with E-state index in [4.69, 9.17) is 5.26 Å². The van der Waals surface area contributed by atoms with Gasteiger partial charge in [0.15, 0.2) is 0 Å². The van der Waals surface area contributed by atoms with Gasteiger partial charge in [-0.25, -0.2) is 9.97 Å². The molecular formula is C16H12N4OS2. The van der Waals surface area contributed by atoms with Crippen molar-refractivity contribution in [3.63, 3.8) is 0 Å². The van der Waals surface area contributed by atoms with E-state index in [2.05, 4.69) is 21.4 Å². The summed E-state index contributed by atoms with van der Waals surface area (Å²) < 4.78 is 0. The van der Waals surface area contributed by atoms with Crippen molar-refractivity contribution in [1.82, 2.24) is 9.97 Å². The largest absolute Gasteiger partial charge is 0.324 e. The minimum absolute atomic E-state index is 0.167. The number of nitrogens with zero attached hydrogens (tertiary/aromatic N) is 3. The van der Waals surface area contributed by atoms with Crippen molar-refractivity contribution >= 4 is 44.9 Å². The van der Waals surface area contributed by atoms with Crippen LogP contribution >= 0.6 is 23.1 Å². The molecule has 0 bridgehead atoms. The molecule has 1 N–H and O–H groups in total. The molecule has 0 spiro atoms. The van der Waals surface area contributed by atoms with Crippen LogP contribution in [-0.2, 0) is 4.79 Å². The van der Waals surface area contributed by atoms with Gasteiger partial charge in [-0.2, -0.15) is 5.26 Å². The number of hydrogen-bond acceptors (Lipinski definition) is 6. The van der Waals surface area contributed by atoms with Crippen molar-refractivity contribution in [3.05, 3.63) is 47.6 Å². The standard InChI is InChI=1S/C16H12N4OS2/c1-10(14(21)20-13-5-3-2-4-11(13)8-17)23-16-12-6-7-22-15(12)18-9-19-16/h2-7,9-10H,1H3,(H,20,21). The normalized spacial score (nSPS) is 11.8. The Balaban J connectivity index is 1.75. The number of fused-ring (bicyclic) bond motifs is 1. The molecule has 0 aliphatic rings. The van der Waals surface area contributed by atoms with Gasteiger partial charge in [0, 0.05) is 5.39 Å². The fraction of sp³-hybridized carbons (Fsp3) is 0.125. The number of para-hydroxylation sites is 1. The van der Waals surface area contributed by atoms with Crippen molar-refractivity contribution < 1.29 is 4.79 Å². The third-order valence-corrected chi connectivity index (χ3v) is 5.13. The van der Waals surface area contributed by atoms with Crippen LogP contribution in [-0.4, -0.2) is 21.1 Å². The van der Waals surface area contributed by atoms with Gasteiger partial charge in [0.05, 0.1) is 16.5 Å². The molecule has 0 saturated carbocycles. The molecule has 1 atom stereocenters. The highest BCUT2D eigenvalue weighted by Crippen LogP contribution is 2.30. The van der Waals surface area contributed by atoms with Gasteiger partial charge < -0.3 is 5.32 Å². The number of thiophene rings is 1. The summed E-state index contributed by atoms with van der Waals surface area (Å²) in [6, 6.07) is 11.0. The number of nitrogens with one attached hydrogen (secondary N) is 1. The molecule has 1 amide bonds. The number of nitriles is 1. The number of hydrogen-bond donors (Lipinski definition) is 1. The summed E-state index contributed by atoms with van der Waals surface area (Å²) >= 11 is 2.92. The number of thioether (sulfide) groups is 1. The lowest BCUT2D eigenvalue weighted by atomic mass is 10.2. The predicted molar refractivity (Wildman–Crippen MR) is 92.5 cm³/mol. The molecule has 1 aromatic carbocycles. The Hall–Kier alpha value is -2.43. The van der Waals surface area contributed by atoms with E-state index in [1.807, 2.05) is 18.4 Å². The lowest BCUT2D eigenvalue weighted by molar-refractivity contribution is -0.115. The molecule has 1 unspecified atom stereocenters. The summed E-state index contributed by atoms with van der Waals surface area (Å²) in [5.74, 6) is -0.167. The first-order chi connectivity index (χ1) is 11.2. The van der Waals surface area contributed by atoms with E-state index in [1.54, 1.807) is 35.6 Å². The molecular weight excluding hydrogens is 328 g/mol. The molecule has 23 heavy (non-hydrogen) atoms. The quantitative estimate of drug-likeness (QED) is 0.579. The SMILES string of the molecule is CC(Sc1ncnc2sccc12)C(=O)Nc1ccccc1C#N. The number of carbonyl (C=O) groups excluding carboxylic acids is 1. The number of aromatic nitrogens is 2. The van der Waals surface area contributed by atoms with E-state index >= 15 is 0 Å². The van der Waals surface area contributed by atoms with E-state index in [0.29, 0.717) is 11.3 Å². The van der Waals surface area contributed by atoms with E-state index in [-0.39, 0.29) is 11.2 Å². The second-order valence-corrected chi connectivity index (χ2v) is 6.95. The minimum Gasteiger partial charge on any atom is -0.324 e. The molecule has 2 aromatic heterocycles. The summed E-state index contributed by atoms with van der Waals surface area (Å²) in [6.45, 7) is 1.81. The first kappa shape index (κ1) is 15.5. The Labute approximate surface area is 141 Å². The maximum Gasteiger partial charge on any atom is 0.237 e. The third kappa shape index (κ3) is 3.33. The van der Waals surface area contributed by atoms with Gasteiger partial charge in [-0.1, -0.05) is 23.9 Å². The number of carbonyl (C=O) groups is 1. The highest BCUT2D eigenvalue weighted by atomic mass is 32.2. The topological polar surface area (TPSA) is 78.7 Å². The van der Waals surface area contributed by atoms with Crippen LogP contribution < -0.4 is 5.32 Å². The molecule has 7 heteroatoms. The van der Waals surface area contributed by atoms with Crippen LogP contribution in [0.25, 0.3) is 10.2 Å². The maximum absolute atomic E-state index is 12.4. The van der Waals surface area contributed by atoms with Gasteiger partial charge in [-0.3, -0.25) is 4.79 Å². The Kier molecular flexibility index (Phi) is 4.55. The number of amides is 1. The first-order valence-corrected chi connectivity index (χ1v) is 8.60. The van der Waals surface area contributed by atoms with Crippen molar-refractivity contribution in [1.29, 1.82) is 5.26 Å². The van der Waals surface area contributed by atoms with Crippen LogP contribution in [0.3, 0.4) is 0 Å². The van der Waals surface area contributed by atoms with Gasteiger partial charge >= 0.3 is 0 Å². The van der Waals surface area contributed by atoms with Gasteiger partial charge in [-0.15, -0.1) is 11.3 Å². The summed E-state index contributed by atoms with van der Waals surface area (Å²) in [5.41, 5.74) is 0.969. The highest BCUT2D eigenvalue weighted by molar-refractivity contribution is 8.00. The molecule has 2 heterocycles. The van der Waals surface area contributed by atoms with Crippen molar-refractivity contribution in [2.75, 3.05) is 5.32 Å². The van der Waals surface area contributed by atoms with E-state index < -0.39 is 0 Å². The Bertz CT molecular complexity index is 900. The van der Waals surface area contributed by atoms with Crippen LogP contribution in [0.2, 0.25) is 0 Å². The van der Waals surface area contributed by atoms with Crippen LogP contribution in [0.15, 0.2) is 47.1 Å². The average Bonchev–Trinajstić information content (AvgIpc) is 3.05. The first-order valence-electron chi connectivity index (χ1n) is 6.84. The van der Waals surface area contributed by atoms with Crippen LogP contribution in [0, 0.1) is 11.3 Å². The van der Waals surface area contributed by atoms with Crippen LogP contribution in [0.1, 0.15) is 12.5 Å². The molecule has 3 rings (SSSR count). The summed E-state index contributed by atoms with van der Waals surface area (Å²) in [5, 5.41) is 15.2. The molecule has 0 aliphatic heterocycles. The molecule has 0 saturated heterocycles. The third-order valence-electron chi connectivity index (χ3n) is 3.19. The van der Waals surface area contributed by atoms with Gasteiger partial charge in [0.25, 0.3) is 0 Å². The second kappa shape index (κ2) is 6.77. The van der Waals surface area contributed by atoms with E-state index in [0.717, 1.165) is 15.2 Å². The second-order valence-electron chi connectivity index (χ2n) is 4.72. The zero-order chi connectivity index (χ0) is 16.2. The summed E-state index contributed by atoms with van der Waals surface area (Å²) in [7, 11) is 0. The fourth-order valence-electron chi connectivity index (χ4n) is 2.01. The van der Waals surface area contributed by atoms with Crippen LogP contribution in [0.4, 0.5) is 5.69 Å². The molecule has 0 radical (unpaired) electrons. The van der Waals surface area contributed by atoms with E-state index in [1.165, 1.54) is 18.1 Å². The van der Waals surface area contributed by atoms with Crippen molar-refractivity contribution in [2.45, 2.75) is 17.2 Å². The average molecular weight is 340 g/mol. The van der Waals surface area contributed by atoms with Crippen molar-refractivity contribution in [3.8, 4) is 6.07 Å². The van der Waals surface area contributed by atoms with Gasteiger partial charge in [0.2, 0.25) is 5.91 Å². The van der Waals surface area contributed by atoms with Crippen LogP contribution in [0.5, 0.6) is 0 Å². The van der Waals surface area contributed by atoms with Gasteiger partial charge in [-0.05, 0) is 30.5 Å². The number of rotatable bonds is 4. The molecule has 5 nitrogen and oxygen atoms in total. The minimum atomic E-state index is -0.347. The smallest absolute Gasteiger partial charge is 0.237 e. The molecule has 0 aliphatic carbocycles. The lowest BCUT2D eigenvalue weighted by Crippen LogP contribution is -2.23. The maximum atomic E-state index is 12.4. The number of anilines is 1. The monoisotopic (exact) mass is 340 g/mol. The predicted octanol–water partition coefficient (Wildman–Crippen LogP) is 3.68. The molecule has 0 fully saturated rings. The van der Waals surface area contributed by atoms with Crippen molar-refractivity contribution in [2.24, 2.45) is 0 Å².